The van der Waals surface area contributed by atoms with E-state index >= 15 is 0 Å². The van der Waals surface area contributed by atoms with Gasteiger partial charge in [-0.2, -0.15) is 0 Å². The maximum absolute atomic E-state index is 13.3. The second-order valence-corrected chi connectivity index (χ2v) is 10.1. The van der Waals surface area contributed by atoms with Crippen LogP contribution in [0.1, 0.15) is 39.3 Å². The average Bonchev–Trinajstić information content (AvgIpc) is 2.85. The third-order valence-electron chi connectivity index (χ3n) is 6.29. The van der Waals surface area contributed by atoms with E-state index in [1.807, 2.05) is 20.8 Å². The van der Waals surface area contributed by atoms with Gasteiger partial charge in [0, 0.05) is 57.1 Å². The lowest BCUT2D eigenvalue weighted by atomic mass is 9.93. The number of nitrogens with one attached hydrogen (secondary N) is 2. The Morgan fingerprint density at radius 3 is 2.16 bits per heavy atom. The van der Waals surface area contributed by atoms with E-state index < -0.39 is 12.0 Å². The summed E-state index contributed by atoms with van der Waals surface area (Å²) < 4.78 is 16.2. The van der Waals surface area contributed by atoms with Crippen molar-refractivity contribution in [3.8, 4) is 11.5 Å². The maximum atomic E-state index is 13.3. The SMILES string of the molecule is CCOC(=O)C1=C(CN2CCN(C(=O)NC(C)(C)C)CC2)N(C)C(=O)NC1c1cc(OC)cc(OC)c1. The predicted molar refractivity (Wildman–Crippen MR) is 139 cm³/mol. The van der Waals surface area contributed by atoms with Gasteiger partial charge in [-0.15, -0.1) is 0 Å². The van der Waals surface area contributed by atoms with Crippen LogP contribution in [0.25, 0.3) is 0 Å². The van der Waals surface area contributed by atoms with Crippen LogP contribution in [0.3, 0.4) is 0 Å². The topological polar surface area (TPSA) is 113 Å². The minimum Gasteiger partial charge on any atom is -0.497 e. The number of hydrogen-bond acceptors (Lipinski definition) is 7. The number of benzene rings is 1. The summed E-state index contributed by atoms with van der Waals surface area (Å²) in [6.07, 6.45) is 0. The van der Waals surface area contributed by atoms with E-state index in [-0.39, 0.29) is 24.2 Å². The first kappa shape index (κ1) is 28.1. The van der Waals surface area contributed by atoms with Gasteiger partial charge in [-0.25, -0.2) is 14.4 Å². The molecule has 4 amide bonds. The molecular weight excluding hydrogens is 478 g/mol. The Morgan fingerprint density at radius 2 is 1.65 bits per heavy atom. The molecule has 0 spiro atoms. The summed E-state index contributed by atoms with van der Waals surface area (Å²) in [6.45, 7) is 10.4. The fraction of sp³-hybridized carbons (Fsp3) is 0.577. The maximum Gasteiger partial charge on any atom is 0.338 e. The van der Waals surface area contributed by atoms with Crippen molar-refractivity contribution in [3.63, 3.8) is 0 Å². The molecule has 0 bridgehead atoms. The molecule has 0 aliphatic carbocycles. The van der Waals surface area contributed by atoms with E-state index in [2.05, 4.69) is 15.5 Å². The van der Waals surface area contributed by atoms with Crippen molar-refractivity contribution in [2.45, 2.75) is 39.3 Å². The van der Waals surface area contributed by atoms with Crippen LogP contribution < -0.4 is 20.1 Å². The van der Waals surface area contributed by atoms with Crippen LogP contribution in [-0.4, -0.2) is 98.9 Å². The molecule has 1 aromatic rings. The number of rotatable bonds is 7. The van der Waals surface area contributed by atoms with E-state index in [1.165, 1.54) is 4.90 Å². The summed E-state index contributed by atoms with van der Waals surface area (Å²) in [5.74, 6) is 0.577. The van der Waals surface area contributed by atoms with Crippen molar-refractivity contribution in [3.05, 3.63) is 35.0 Å². The van der Waals surface area contributed by atoms with Gasteiger partial charge in [-0.1, -0.05) is 0 Å². The highest BCUT2D eigenvalue weighted by Crippen LogP contribution is 2.35. The molecule has 0 aromatic heterocycles. The van der Waals surface area contributed by atoms with Crippen LogP contribution in [0.2, 0.25) is 0 Å². The van der Waals surface area contributed by atoms with E-state index in [0.717, 1.165) is 0 Å². The standard InChI is InChI=1S/C26H39N5O6/c1-8-37-23(32)21-20(16-30-9-11-31(12-10-30)25(34)28-26(2,3)4)29(5)24(33)27-22(21)17-13-18(35-6)15-19(14-17)36-7/h13-15,22H,8-12,16H2,1-7H3,(H,27,33)(H,28,34). The van der Waals surface area contributed by atoms with Gasteiger partial charge in [-0.05, 0) is 45.4 Å². The summed E-state index contributed by atoms with van der Waals surface area (Å²) in [6, 6.07) is 4.08. The first-order valence-electron chi connectivity index (χ1n) is 12.4. The smallest absolute Gasteiger partial charge is 0.338 e. The number of urea groups is 2. The van der Waals surface area contributed by atoms with Gasteiger partial charge in [0.05, 0.1) is 32.4 Å². The Balaban J connectivity index is 1.92. The van der Waals surface area contributed by atoms with E-state index in [4.69, 9.17) is 14.2 Å². The predicted octanol–water partition coefficient (Wildman–Crippen LogP) is 2.34. The molecule has 1 unspecified atom stereocenters. The molecule has 204 valence electrons. The molecule has 11 heteroatoms. The van der Waals surface area contributed by atoms with Crippen LogP contribution in [0.4, 0.5) is 9.59 Å². The highest BCUT2D eigenvalue weighted by molar-refractivity contribution is 5.95. The van der Waals surface area contributed by atoms with Crippen molar-refractivity contribution in [2.75, 3.05) is 60.6 Å². The number of ether oxygens (including phenoxy) is 3. The highest BCUT2D eigenvalue weighted by atomic mass is 16.5. The monoisotopic (exact) mass is 517 g/mol. The molecule has 2 aliphatic heterocycles. The lowest BCUT2D eigenvalue weighted by molar-refractivity contribution is -0.139. The van der Waals surface area contributed by atoms with Crippen LogP contribution in [0.15, 0.2) is 29.5 Å². The van der Waals surface area contributed by atoms with Crippen LogP contribution in [0, 0.1) is 0 Å². The number of carbonyl (C=O) groups is 3. The molecule has 1 atom stereocenters. The van der Waals surface area contributed by atoms with Gasteiger partial charge in [0.2, 0.25) is 0 Å². The van der Waals surface area contributed by atoms with Gasteiger partial charge in [-0.3, -0.25) is 9.80 Å². The number of carbonyl (C=O) groups excluding carboxylic acids is 3. The number of amides is 4. The molecule has 1 saturated heterocycles. The first-order chi connectivity index (χ1) is 17.5. The minimum atomic E-state index is -0.749. The Labute approximate surface area is 218 Å². The molecule has 1 aromatic carbocycles. The van der Waals surface area contributed by atoms with Crippen LogP contribution >= 0.6 is 0 Å². The Bertz CT molecular complexity index is 1020. The van der Waals surface area contributed by atoms with Crippen molar-refractivity contribution < 1.29 is 28.6 Å². The quantitative estimate of drug-likeness (QED) is 0.534. The van der Waals surface area contributed by atoms with Crippen LogP contribution in [0.5, 0.6) is 11.5 Å². The number of methoxy groups -OCH3 is 2. The fourth-order valence-corrected chi connectivity index (χ4v) is 4.36. The van der Waals surface area contributed by atoms with Crippen molar-refractivity contribution in [1.29, 1.82) is 0 Å². The average molecular weight is 518 g/mol. The number of hydrogen-bond donors (Lipinski definition) is 2. The molecule has 0 saturated carbocycles. The largest absolute Gasteiger partial charge is 0.497 e. The van der Waals surface area contributed by atoms with Gasteiger partial charge in [0.25, 0.3) is 0 Å². The van der Waals surface area contributed by atoms with Gasteiger partial charge in [0.1, 0.15) is 11.5 Å². The van der Waals surface area contributed by atoms with Crippen LogP contribution in [-0.2, 0) is 9.53 Å². The second-order valence-electron chi connectivity index (χ2n) is 10.1. The fourth-order valence-electron chi connectivity index (χ4n) is 4.36. The summed E-state index contributed by atoms with van der Waals surface area (Å²) in [4.78, 5) is 44.2. The van der Waals surface area contributed by atoms with E-state index in [0.29, 0.717) is 61.1 Å². The number of likely N-dealkylation sites (N-methyl/N-ethyl adjacent to an activating group) is 1. The minimum absolute atomic E-state index is 0.0974. The third-order valence-corrected chi connectivity index (χ3v) is 6.29. The molecule has 2 heterocycles. The number of nitrogens with zero attached hydrogens (tertiary/aromatic N) is 3. The Hall–Kier alpha value is -3.47. The van der Waals surface area contributed by atoms with E-state index in [1.54, 1.807) is 51.3 Å². The Morgan fingerprint density at radius 1 is 1.05 bits per heavy atom. The first-order valence-corrected chi connectivity index (χ1v) is 12.4. The molecule has 2 N–H and O–H groups in total. The summed E-state index contributed by atoms with van der Waals surface area (Å²) in [5, 5.41) is 5.92. The molecule has 3 rings (SSSR count). The number of piperazine rings is 1. The van der Waals surface area contributed by atoms with Gasteiger partial charge in [0.15, 0.2) is 0 Å². The molecular formula is C26H39N5O6. The van der Waals surface area contributed by atoms with Gasteiger partial charge >= 0.3 is 18.0 Å². The zero-order chi connectivity index (χ0) is 27.3. The van der Waals surface area contributed by atoms with Gasteiger partial charge < -0.3 is 29.7 Å². The molecule has 11 nitrogen and oxygen atoms in total. The summed E-state index contributed by atoms with van der Waals surface area (Å²) in [5.41, 5.74) is 1.24. The molecule has 1 fully saturated rings. The van der Waals surface area contributed by atoms with Crippen molar-refractivity contribution in [2.24, 2.45) is 0 Å². The summed E-state index contributed by atoms with van der Waals surface area (Å²) >= 11 is 0. The molecule has 2 aliphatic rings. The second kappa shape index (κ2) is 11.7. The van der Waals surface area contributed by atoms with Crippen molar-refractivity contribution >= 4 is 18.0 Å². The van der Waals surface area contributed by atoms with Crippen molar-refractivity contribution in [1.82, 2.24) is 25.3 Å². The Kier molecular flexibility index (Phi) is 8.90. The zero-order valence-electron chi connectivity index (χ0n) is 22.8. The van der Waals surface area contributed by atoms with E-state index in [9.17, 15) is 14.4 Å². The molecule has 0 radical (unpaired) electrons. The number of esters is 1. The normalized spacial score (nSPS) is 18.9. The highest BCUT2D eigenvalue weighted by Gasteiger charge is 2.38. The molecule has 37 heavy (non-hydrogen) atoms. The lowest BCUT2D eigenvalue weighted by Gasteiger charge is -2.40. The third kappa shape index (κ3) is 6.85. The summed E-state index contributed by atoms with van der Waals surface area (Å²) in [7, 11) is 4.72. The zero-order valence-corrected chi connectivity index (χ0v) is 22.8. The lowest BCUT2D eigenvalue weighted by Crippen LogP contribution is -2.56.